The highest BCUT2D eigenvalue weighted by Gasteiger charge is 2.04. The van der Waals surface area contributed by atoms with E-state index in [9.17, 15) is 0 Å². The molecule has 0 aliphatic carbocycles. The number of aromatic nitrogens is 2. The van der Waals surface area contributed by atoms with Gasteiger partial charge >= 0.3 is 0 Å². The van der Waals surface area contributed by atoms with E-state index in [1.54, 1.807) is 6.20 Å². The minimum Gasteiger partial charge on any atom is -0.361 e. The summed E-state index contributed by atoms with van der Waals surface area (Å²) < 4.78 is 5.02. The molecule has 2 aromatic heterocycles. The van der Waals surface area contributed by atoms with Crippen LogP contribution in [0.3, 0.4) is 0 Å². The maximum atomic E-state index is 5.94. The molecule has 3 aromatic rings. The normalized spacial score (nSPS) is 11.2. The van der Waals surface area contributed by atoms with Crippen molar-refractivity contribution in [3.05, 3.63) is 53.0 Å². The van der Waals surface area contributed by atoms with E-state index in [1.807, 2.05) is 30.5 Å². The van der Waals surface area contributed by atoms with Crippen LogP contribution in [0.2, 0.25) is 5.02 Å². The molecule has 4 nitrogen and oxygen atoms in total. The standard InChI is InChI=1S/C13H12ClN3O/c14-10-1-2-12-9(7-16-13(12)5-10)6-15-8-11-3-4-17-18-11/h1-5,7,15-16H,6,8H2. The monoisotopic (exact) mass is 261 g/mol. The van der Waals surface area contributed by atoms with E-state index in [1.165, 1.54) is 10.9 Å². The Kier molecular flexibility index (Phi) is 3.04. The summed E-state index contributed by atoms with van der Waals surface area (Å²) in [6, 6.07) is 7.70. The van der Waals surface area contributed by atoms with Crippen LogP contribution in [0.1, 0.15) is 11.3 Å². The summed E-state index contributed by atoms with van der Waals surface area (Å²) in [6.45, 7) is 1.43. The molecule has 92 valence electrons. The highest BCUT2D eigenvalue weighted by Crippen LogP contribution is 2.21. The van der Waals surface area contributed by atoms with E-state index in [0.717, 1.165) is 22.8 Å². The van der Waals surface area contributed by atoms with E-state index in [-0.39, 0.29) is 0 Å². The first kappa shape index (κ1) is 11.3. The Morgan fingerprint density at radius 3 is 3.06 bits per heavy atom. The van der Waals surface area contributed by atoms with Crippen LogP contribution < -0.4 is 5.32 Å². The van der Waals surface area contributed by atoms with Gasteiger partial charge in [-0.05, 0) is 17.7 Å². The van der Waals surface area contributed by atoms with Crippen LogP contribution in [0.4, 0.5) is 0 Å². The van der Waals surface area contributed by atoms with Crippen LogP contribution in [0.25, 0.3) is 10.9 Å². The van der Waals surface area contributed by atoms with Gasteiger partial charge in [0.1, 0.15) is 5.76 Å². The average Bonchev–Trinajstić information content (AvgIpc) is 2.99. The number of nitrogens with zero attached hydrogens (tertiary/aromatic N) is 1. The summed E-state index contributed by atoms with van der Waals surface area (Å²) in [5.74, 6) is 0.831. The zero-order valence-corrected chi connectivity index (χ0v) is 10.4. The highest BCUT2D eigenvalue weighted by atomic mass is 35.5. The van der Waals surface area contributed by atoms with Crippen molar-refractivity contribution < 1.29 is 4.52 Å². The minimum absolute atomic E-state index is 0.667. The number of fused-ring (bicyclic) bond motifs is 1. The Labute approximate surface area is 109 Å². The first-order chi connectivity index (χ1) is 8.83. The van der Waals surface area contributed by atoms with Crippen molar-refractivity contribution in [1.82, 2.24) is 15.5 Å². The third-order valence-electron chi connectivity index (χ3n) is 2.84. The van der Waals surface area contributed by atoms with Crippen molar-refractivity contribution in [3.8, 4) is 0 Å². The number of H-pyrrole nitrogens is 1. The molecule has 18 heavy (non-hydrogen) atoms. The van der Waals surface area contributed by atoms with Crippen LogP contribution in [0, 0.1) is 0 Å². The molecular weight excluding hydrogens is 250 g/mol. The molecule has 0 spiro atoms. The van der Waals surface area contributed by atoms with E-state index < -0.39 is 0 Å². The molecule has 0 bridgehead atoms. The lowest BCUT2D eigenvalue weighted by Crippen LogP contribution is -2.11. The predicted octanol–water partition coefficient (Wildman–Crippen LogP) is 3.10. The molecule has 1 aromatic carbocycles. The first-order valence-electron chi connectivity index (χ1n) is 5.69. The van der Waals surface area contributed by atoms with Gasteiger partial charge in [0.2, 0.25) is 0 Å². The fourth-order valence-corrected chi connectivity index (χ4v) is 2.13. The van der Waals surface area contributed by atoms with Gasteiger partial charge in [-0.2, -0.15) is 0 Å². The molecule has 0 saturated heterocycles. The van der Waals surface area contributed by atoms with Gasteiger partial charge in [-0.15, -0.1) is 0 Å². The Hall–Kier alpha value is -1.78. The summed E-state index contributed by atoms with van der Waals surface area (Å²) in [5, 5.41) is 8.90. The molecule has 0 unspecified atom stereocenters. The Balaban J connectivity index is 1.71. The molecule has 0 saturated carbocycles. The number of halogens is 1. The molecule has 3 rings (SSSR count). The predicted molar refractivity (Wildman–Crippen MR) is 70.4 cm³/mol. The Morgan fingerprint density at radius 1 is 1.28 bits per heavy atom. The minimum atomic E-state index is 0.667. The fourth-order valence-electron chi connectivity index (χ4n) is 1.96. The van der Waals surface area contributed by atoms with Gasteiger partial charge in [0.25, 0.3) is 0 Å². The lowest BCUT2D eigenvalue weighted by atomic mass is 10.2. The molecule has 2 N–H and O–H groups in total. The molecule has 5 heteroatoms. The van der Waals surface area contributed by atoms with Crippen molar-refractivity contribution >= 4 is 22.5 Å². The quantitative estimate of drug-likeness (QED) is 0.759. The smallest absolute Gasteiger partial charge is 0.150 e. The van der Waals surface area contributed by atoms with Gasteiger partial charge in [-0.1, -0.05) is 22.8 Å². The molecule has 0 radical (unpaired) electrons. The number of rotatable bonds is 4. The summed E-state index contributed by atoms with van der Waals surface area (Å²) >= 11 is 5.94. The molecule has 2 heterocycles. The molecular formula is C13H12ClN3O. The van der Waals surface area contributed by atoms with Gasteiger partial charge in [-0.3, -0.25) is 0 Å². The van der Waals surface area contributed by atoms with Gasteiger partial charge in [0.15, 0.2) is 0 Å². The summed E-state index contributed by atoms with van der Waals surface area (Å²) in [5.41, 5.74) is 2.26. The second kappa shape index (κ2) is 4.84. The molecule has 0 aliphatic heterocycles. The zero-order chi connectivity index (χ0) is 12.4. The zero-order valence-electron chi connectivity index (χ0n) is 9.61. The van der Waals surface area contributed by atoms with Crippen LogP contribution in [0.15, 0.2) is 41.2 Å². The van der Waals surface area contributed by atoms with Crippen LogP contribution >= 0.6 is 11.6 Å². The van der Waals surface area contributed by atoms with E-state index >= 15 is 0 Å². The average molecular weight is 262 g/mol. The summed E-state index contributed by atoms with van der Waals surface area (Å²) in [7, 11) is 0. The van der Waals surface area contributed by atoms with Gasteiger partial charge in [-0.25, -0.2) is 0 Å². The van der Waals surface area contributed by atoms with Crippen molar-refractivity contribution in [1.29, 1.82) is 0 Å². The van der Waals surface area contributed by atoms with Crippen molar-refractivity contribution in [2.24, 2.45) is 0 Å². The van der Waals surface area contributed by atoms with Crippen LogP contribution in [-0.2, 0) is 13.1 Å². The van der Waals surface area contributed by atoms with Crippen molar-refractivity contribution in [2.75, 3.05) is 0 Å². The van der Waals surface area contributed by atoms with Crippen LogP contribution in [-0.4, -0.2) is 10.1 Å². The largest absolute Gasteiger partial charge is 0.361 e. The Bertz CT molecular complexity index is 645. The molecule has 0 atom stereocenters. The number of hydrogen-bond acceptors (Lipinski definition) is 3. The van der Waals surface area contributed by atoms with E-state index in [0.29, 0.717) is 6.54 Å². The highest BCUT2D eigenvalue weighted by molar-refractivity contribution is 6.31. The molecule has 0 aliphatic rings. The maximum absolute atomic E-state index is 5.94. The lowest BCUT2D eigenvalue weighted by molar-refractivity contribution is 0.373. The third-order valence-corrected chi connectivity index (χ3v) is 3.07. The van der Waals surface area contributed by atoms with Crippen LogP contribution in [0.5, 0.6) is 0 Å². The topological polar surface area (TPSA) is 53.9 Å². The summed E-state index contributed by atoms with van der Waals surface area (Å²) in [4.78, 5) is 3.21. The second-order valence-corrected chi connectivity index (χ2v) is 4.52. The SMILES string of the molecule is Clc1ccc2c(CNCc3ccno3)c[nH]c2c1. The fraction of sp³-hybridized carbons (Fsp3) is 0.154. The van der Waals surface area contributed by atoms with Crippen molar-refractivity contribution in [3.63, 3.8) is 0 Å². The maximum Gasteiger partial charge on any atom is 0.150 e. The molecule has 0 amide bonds. The number of benzene rings is 1. The number of aromatic amines is 1. The second-order valence-electron chi connectivity index (χ2n) is 4.09. The van der Waals surface area contributed by atoms with Gasteiger partial charge in [0.05, 0.1) is 12.7 Å². The number of hydrogen-bond donors (Lipinski definition) is 2. The van der Waals surface area contributed by atoms with Gasteiger partial charge in [0, 0.05) is 34.7 Å². The van der Waals surface area contributed by atoms with E-state index in [4.69, 9.17) is 16.1 Å². The third kappa shape index (κ3) is 2.25. The van der Waals surface area contributed by atoms with E-state index in [2.05, 4.69) is 15.5 Å². The number of nitrogens with one attached hydrogen (secondary N) is 2. The van der Waals surface area contributed by atoms with Gasteiger partial charge < -0.3 is 14.8 Å². The molecule has 0 fully saturated rings. The lowest BCUT2D eigenvalue weighted by Gasteiger charge is -2.01. The summed E-state index contributed by atoms with van der Waals surface area (Å²) in [6.07, 6.45) is 3.64. The first-order valence-corrected chi connectivity index (χ1v) is 6.06. The van der Waals surface area contributed by atoms with Crippen molar-refractivity contribution in [2.45, 2.75) is 13.1 Å². The Morgan fingerprint density at radius 2 is 2.22 bits per heavy atom.